The molecule has 0 aromatic rings. The molecule has 90 valence electrons. The lowest BCUT2D eigenvalue weighted by Crippen LogP contribution is -2.37. The third-order valence-electron chi connectivity index (χ3n) is 4.55. The Labute approximate surface area is 99.3 Å². The summed E-state index contributed by atoms with van der Waals surface area (Å²) in [6.45, 7) is 9.06. The summed E-state index contributed by atoms with van der Waals surface area (Å²) in [6, 6.07) is 0. The van der Waals surface area contributed by atoms with Crippen LogP contribution in [0.1, 0.15) is 53.4 Å². The maximum absolute atomic E-state index is 9.96. The van der Waals surface area contributed by atoms with Gasteiger partial charge in [0.25, 0.3) is 0 Å². The molecule has 0 bridgehead atoms. The maximum Gasteiger partial charge on any atom is 0.0750 e. The summed E-state index contributed by atoms with van der Waals surface area (Å²) in [4.78, 5) is 0. The molecule has 2 aliphatic carbocycles. The summed E-state index contributed by atoms with van der Waals surface area (Å²) in [5, 5.41) is 9.96. The SMILES string of the molecule is C/C1=C/C[C@@H]2/C(=C(/C)CC[C@@H]1O)CC2(C)C. The third kappa shape index (κ3) is 1.98. The van der Waals surface area contributed by atoms with E-state index in [1.807, 2.05) is 0 Å². The lowest BCUT2D eigenvalue weighted by molar-refractivity contribution is 0.154. The molecular formula is C15H24O. The average molecular weight is 220 g/mol. The molecule has 1 nitrogen and oxygen atoms in total. The quantitative estimate of drug-likeness (QED) is 0.615. The number of aliphatic hydroxyl groups excluding tert-OH is 1. The zero-order valence-electron chi connectivity index (χ0n) is 11.0. The first-order valence-electron chi connectivity index (χ1n) is 6.45. The third-order valence-corrected chi connectivity index (χ3v) is 4.55. The first-order chi connectivity index (χ1) is 7.42. The Morgan fingerprint density at radius 1 is 1.31 bits per heavy atom. The van der Waals surface area contributed by atoms with E-state index >= 15 is 0 Å². The van der Waals surface area contributed by atoms with Crippen LogP contribution in [0.2, 0.25) is 0 Å². The van der Waals surface area contributed by atoms with Crippen molar-refractivity contribution in [2.75, 3.05) is 0 Å². The van der Waals surface area contributed by atoms with Crippen molar-refractivity contribution in [2.24, 2.45) is 11.3 Å². The molecule has 0 saturated heterocycles. The Morgan fingerprint density at radius 3 is 2.62 bits per heavy atom. The summed E-state index contributed by atoms with van der Waals surface area (Å²) in [7, 11) is 0. The highest BCUT2D eigenvalue weighted by Crippen LogP contribution is 2.54. The van der Waals surface area contributed by atoms with Gasteiger partial charge in [-0.15, -0.1) is 0 Å². The molecule has 0 unspecified atom stereocenters. The van der Waals surface area contributed by atoms with Crippen LogP contribution in [-0.2, 0) is 0 Å². The number of allylic oxidation sites excluding steroid dienone is 3. The fraction of sp³-hybridized carbons (Fsp3) is 0.733. The second-order valence-electron chi connectivity index (χ2n) is 6.26. The molecule has 1 N–H and O–H groups in total. The Bertz CT molecular complexity index is 346. The highest BCUT2D eigenvalue weighted by atomic mass is 16.3. The van der Waals surface area contributed by atoms with Crippen LogP contribution in [0.5, 0.6) is 0 Å². The van der Waals surface area contributed by atoms with E-state index in [4.69, 9.17) is 0 Å². The summed E-state index contributed by atoms with van der Waals surface area (Å²) < 4.78 is 0. The molecule has 0 radical (unpaired) electrons. The number of fused-ring (bicyclic) bond motifs is 1. The van der Waals surface area contributed by atoms with Crippen LogP contribution in [0, 0.1) is 11.3 Å². The molecule has 1 fully saturated rings. The van der Waals surface area contributed by atoms with Crippen LogP contribution in [0.4, 0.5) is 0 Å². The molecule has 1 saturated carbocycles. The van der Waals surface area contributed by atoms with Crippen molar-refractivity contribution < 1.29 is 5.11 Å². The lowest BCUT2D eigenvalue weighted by Gasteiger charge is -2.48. The number of hydrogen-bond acceptors (Lipinski definition) is 1. The van der Waals surface area contributed by atoms with E-state index in [0.29, 0.717) is 11.3 Å². The van der Waals surface area contributed by atoms with Gasteiger partial charge in [0.15, 0.2) is 0 Å². The van der Waals surface area contributed by atoms with Crippen molar-refractivity contribution in [3.63, 3.8) is 0 Å². The highest BCUT2D eigenvalue weighted by molar-refractivity contribution is 5.30. The Balaban J connectivity index is 2.26. The largest absolute Gasteiger partial charge is 0.389 e. The predicted octanol–water partition coefficient (Wildman–Crippen LogP) is 3.84. The van der Waals surface area contributed by atoms with Crippen molar-refractivity contribution in [3.05, 3.63) is 22.8 Å². The van der Waals surface area contributed by atoms with E-state index in [1.54, 1.807) is 5.57 Å². The molecular weight excluding hydrogens is 196 g/mol. The summed E-state index contributed by atoms with van der Waals surface area (Å²) in [5.41, 5.74) is 4.83. The molecule has 16 heavy (non-hydrogen) atoms. The van der Waals surface area contributed by atoms with Crippen LogP contribution in [0.3, 0.4) is 0 Å². The van der Waals surface area contributed by atoms with Gasteiger partial charge in [-0.05, 0) is 56.4 Å². The zero-order valence-corrected chi connectivity index (χ0v) is 11.0. The van der Waals surface area contributed by atoms with Gasteiger partial charge in [0.05, 0.1) is 6.10 Å². The minimum atomic E-state index is -0.226. The van der Waals surface area contributed by atoms with Gasteiger partial charge >= 0.3 is 0 Å². The molecule has 2 atom stereocenters. The topological polar surface area (TPSA) is 20.2 Å². The van der Waals surface area contributed by atoms with Crippen molar-refractivity contribution in [3.8, 4) is 0 Å². The molecule has 0 aromatic carbocycles. The van der Waals surface area contributed by atoms with Crippen molar-refractivity contribution >= 4 is 0 Å². The van der Waals surface area contributed by atoms with Crippen LogP contribution in [0.25, 0.3) is 0 Å². The fourth-order valence-electron chi connectivity index (χ4n) is 3.17. The van der Waals surface area contributed by atoms with Crippen LogP contribution in [-0.4, -0.2) is 11.2 Å². The van der Waals surface area contributed by atoms with Gasteiger partial charge in [-0.3, -0.25) is 0 Å². The first kappa shape index (κ1) is 11.9. The van der Waals surface area contributed by atoms with Gasteiger partial charge < -0.3 is 5.11 Å². The minimum absolute atomic E-state index is 0.226. The van der Waals surface area contributed by atoms with Gasteiger partial charge in [0.2, 0.25) is 0 Å². The second-order valence-corrected chi connectivity index (χ2v) is 6.26. The van der Waals surface area contributed by atoms with E-state index in [-0.39, 0.29) is 6.10 Å². The lowest BCUT2D eigenvalue weighted by atomic mass is 9.57. The Kier molecular flexibility index (Phi) is 3.00. The monoisotopic (exact) mass is 220 g/mol. The molecule has 0 aliphatic heterocycles. The molecule has 0 aromatic heterocycles. The summed E-state index contributed by atoms with van der Waals surface area (Å²) in [6.07, 6.45) is 6.36. The van der Waals surface area contributed by atoms with Gasteiger partial charge in [0.1, 0.15) is 0 Å². The van der Waals surface area contributed by atoms with E-state index in [0.717, 1.165) is 24.8 Å². The van der Waals surface area contributed by atoms with Gasteiger partial charge in [-0.2, -0.15) is 0 Å². The van der Waals surface area contributed by atoms with Gasteiger partial charge in [-0.1, -0.05) is 31.1 Å². The van der Waals surface area contributed by atoms with Crippen LogP contribution >= 0.6 is 0 Å². The molecule has 0 heterocycles. The fourth-order valence-corrected chi connectivity index (χ4v) is 3.17. The number of rotatable bonds is 0. The smallest absolute Gasteiger partial charge is 0.0750 e. The molecule has 0 amide bonds. The van der Waals surface area contributed by atoms with E-state index in [1.165, 1.54) is 12.0 Å². The first-order valence-corrected chi connectivity index (χ1v) is 6.45. The van der Waals surface area contributed by atoms with Crippen molar-refractivity contribution in [2.45, 2.75) is 59.5 Å². The van der Waals surface area contributed by atoms with Crippen molar-refractivity contribution in [1.29, 1.82) is 0 Å². The van der Waals surface area contributed by atoms with E-state index in [9.17, 15) is 5.11 Å². The molecule has 1 heteroatoms. The predicted molar refractivity (Wildman–Crippen MR) is 68.2 cm³/mol. The zero-order chi connectivity index (χ0) is 11.9. The average Bonchev–Trinajstić information content (AvgIpc) is 2.24. The van der Waals surface area contributed by atoms with Gasteiger partial charge in [-0.25, -0.2) is 0 Å². The second kappa shape index (κ2) is 4.03. The minimum Gasteiger partial charge on any atom is -0.389 e. The van der Waals surface area contributed by atoms with E-state index < -0.39 is 0 Å². The van der Waals surface area contributed by atoms with E-state index in [2.05, 4.69) is 33.8 Å². The Morgan fingerprint density at radius 2 is 2.00 bits per heavy atom. The van der Waals surface area contributed by atoms with Crippen molar-refractivity contribution in [1.82, 2.24) is 0 Å². The molecule has 2 aliphatic rings. The number of aliphatic hydroxyl groups is 1. The Hall–Kier alpha value is -0.560. The van der Waals surface area contributed by atoms with Gasteiger partial charge in [0, 0.05) is 0 Å². The molecule has 2 rings (SSSR count). The summed E-state index contributed by atoms with van der Waals surface area (Å²) in [5.74, 6) is 0.716. The highest BCUT2D eigenvalue weighted by Gasteiger charge is 2.43. The standard InChI is InChI=1S/C15H24O/c1-10-6-8-14(16)11(2)5-7-13-12(10)9-15(13,3)4/h5,13-14,16H,6-9H2,1-4H3/b11-5-,12-10-/t13-,14+/m1/s1. The maximum atomic E-state index is 9.96. The number of hydrogen-bond donors (Lipinski definition) is 1. The van der Waals surface area contributed by atoms with Crippen LogP contribution in [0.15, 0.2) is 22.8 Å². The molecule has 0 spiro atoms. The summed E-state index contributed by atoms with van der Waals surface area (Å²) >= 11 is 0. The van der Waals surface area contributed by atoms with Crippen LogP contribution < -0.4 is 0 Å². The normalized spacial score (nSPS) is 41.9.